The highest BCUT2D eigenvalue weighted by Crippen LogP contribution is 2.38. The molecule has 0 unspecified atom stereocenters. The quantitative estimate of drug-likeness (QED) is 0.167. The molecule has 0 amide bonds. The van der Waals surface area contributed by atoms with Crippen LogP contribution < -0.4 is 25.6 Å². The lowest BCUT2D eigenvalue weighted by atomic mass is 9.99. The highest BCUT2D eigenvalue weighted by atomic mass is 31.1. The first-order chi connectivity index (χ1) is 23.9. The van der Waals surface area contributed by atoms with E-state index >= 15 is 0 Å². The van der Waals surface area contributed by atoms with Gasteiger partial charge in [-0.25, -0.2) is 4.98 Å². The number of fused-ring (bicyclic) bond motifs is 1. The van der Waals surface area contributed by atoms with E-state index < -0.39 is 7.92 Å². The highest BCUT2D eigenvalue weighted by Gasteiger charge is 2.28. The fourth-order valence-electron chi connectivity index (χ4n) is 6.98. The van der Waals surface area contributed by atoms with Gasteiger partial charge in [-0.15, -0.1) is 0 Å². The zero-order valence-electron chi connectivity index (χ0n) is 29.5. The van der Waals surface area contributed by atoms with Gasteiger partial charge >= 0.3 is 0 Å². The van der Waals surface area contributed by atoms with Crippen molar-refractivity contribution in [1.29, 1.82) is 0 Å². The molecule has 2 aliphatic heterocycles. The molecule has 3 aliphatic rings. The zero-order chi connectivity index (χ0) is 33.9. The van der Waals surface area contributed by atoms with Gasteiger partial charge in [0.15, 0.2) is 5.82 Å². The van der Waals surface area contributed by atoms with Crippen LogP contribution in [-0.4, -0.2) is 103 Å². The van der Waals surface area contributed by atoms with Crippen LogP contribution in [0.2, 0.25) is 0 Å². The van der Waals surface area contributed by atoms with Crippen LogP contribution in [0.5, 0.6) is 5.75 Å². The van der Waals surface area contributed by atoms with E-state index in [-0.39, 0.29) is 0 Å². The third-order valence-electron chi connectivity index (χ3n) is 9.98. The maximum absolute atomic E-state index is 5.97. The molecule has 2 aromatic carbocycles. The van der Waals surface area contributed by atoms with Gasteiger partial charge in [0.2, 0.25) is 5.95 Å². The van der Waals surface area contributed by atoms with E-state index in [4.69, 9.17) is 19.7 Å². The molecule has 1 saturated carbocycles. The van der Waals surface area contributed by atoms with Crippen molar-refractivity contribution in [1.82, 2.24) is 29.7 Å². The van der Waals surface area contributed by atoms with Crippen molar-refractivity contribution in [3.8, 4) is 17.6 Å². The number of nitrogens with zero attached hydrogens (tertiary/aromatic N) is 7. The topological polar surface area (TPSA) is 94.6 Å². The van der Waals surface area contributed by atoms with E-state index in [2.05, 4.69) is 87.7 Å². The van der Waals surface area contributed by atoms with E-state index in [1.165, 1.54) is 50.3 Å². The molecule has 2 N–H and O–H groups in total. The Balaban J connectivity index is 1.15. The van der Waals surface area contributed by atoms with Crippen LogP contribution >= 0.6 is 7.92 Å². The molecule has 1 aliphatic carbocycles. The van der Waals surface area contributed by atoms with Gasteiger partial charge in [-0.1, -0.05) is 26.7 Å². The summed E-state index contributed by atoms with van der Waals surface area (Å²) in [6.45, 7) is 13.5. The standard InChI is InChI=1S/C38H48N9OP/c1-6-27-23-32(34(48-3)24-33(27)47-17-13-29(14-18-47)46-21-19-45(2)20-22-46)43-38-41-25-28(10-9-26-7-8-26)37(44-38)42-31-12-11-30-35(36(31)49(4)5)40-16-15-39-30/h11-12,15-16,23-26,29H,6-8,13-14,17-22H2,1-5H3,(H2,41,42,43,44). The number of ether oxygens (including phenoxy) is 1. The first-order valence-electron chi connectivity index (χ1n) is 17.6. The molecule has 49 heavy (non-hydrogen) atoms. The average Bonchev–Trinajstić information content (AvgIpc) is 3.96. The maximum atomic E-state index is 5.97. The minimum atomic E-state index is -0.491. The molecule has 2 saturated heterocycles. The highest BCUT2D eigenvalue weighted by molar-refractivity contribution is 7.65. The van der Waals surface area contributed by atoms with Crippen LogP contribution in [0.15, 0.2) is 42.9 Å². The molecular formula is C38H48N9OP. The largest absolute Gasteiger partial charge is 0.494 e. The number of anilines is 5. The Morgan fingerprint density at radius 3 is 2.41 bits per heavy atom. The molecular weight excluding hydrogens is 629 g/mol. The summed E-state index contributed by atoms with van der Waals surface area (Å²) in [5, 5.41) is 8.28. The van der Waals surface area contributed by atoms with E-state index in [1.54, 1.807) is 19.5 Å². The molecule has 10 nitrogen and oxygen atoms in total. The summed E-state index contributed by atoms with van der Waals surface area (Å²) in [5.41, 5.74) is 6.95. The van der Waals surface area contributed by atoms with Crippen molar-refractivity contribution >= 4 is 53.1 Å². The maximum Gasteiger partial charge on any atom is 0.229 e. The SMILES string of the molecule is CCc1cc(Nc2ncc(C#CC3CC3)c(Nc3ccc4nccnc4c3P(C)C)n2)c(OC)cc1N1CCC(N2CCN(C)CC2)CC1. The summed E-state index contributed by atoms with van der Waals surface area (Å²) < 4.78 is 5.97. The van der Waals surface area contributed by atoms with Gasteiger partial charge in [-0.3, -0.25) is 14.9 Å². The molecule has 11 heteroatoms. The Bertz CT molecular complexity index is 1850. The molecule has 0 bridgehead atoms. The fraction of sp³-hybridized carbons (Fsp3) is 0.474. The number of hydrogen-bond acceptors (Lipinski definition) is 10. The molecule has 4 heterocycles. The van der Waals surface area contributed by atoms with Crippen molar-refractivity contribution in [2.45, 2.75) is 45.1 Å². The van der Waals surface area contributed by atoms with E-state index in [0.29, 0.717) is 23.7 Å². The van der Waals surface area contributed by atoms with Crippen LogP contribution in [0.25, 0.3) is 11.0 Å². The summed E-state index contributed by atoms with van der Waals surface area (Å²) >= 11 is 0. The second-order valence-corrected chi connectivity index (χ2v) is 15.9. The first-order valence-corrected chi connectivity index (χ1v) is 19.9. The minimum absolute atomic E-state index is 0.462. The molecule has 2 aromatic heterocycles. The number of piperazine rings is 1. The number of nitrogens with one attached hydrogen (secondary N) is 2. The number of aryl methyl sites for hydroxylation is 1. The lowest BCUT2D eigenvalue weighted by Crippen LogP contribution is -2.52. The first kappa shape index (κ1) is 33.5. The Morgan fingerprint density at radius 1 is 0.918 bits per heavy atom. The third-order valence-corrected chi connectivity index (χ3v) is 11.3. The molecule has 0 atom stereocenters. The second-order valence-electron chi connectivity index (χ2n) is 13.6. The zero-order valence-corrected chi connectivity index (χ0v) is 30.4. The van der Waals surface area contributed by atoms with E-state index in [1.807, 2.05) is 12.3 Å². The fourth-order valence-corrected chi connectivity index (χ4v) is 8.19. The van der Waals surface area contributed by atoms with Crippen molar-refractivity contribution in [3.63, 3.8) is 0 Å². The van der Waals surface area contributed by atoms with Gasteiger partial charge in [-0.2, -0.15) is 4.98 Å². The van der Waals surface area contributed by atoms with Crippen LogP contribution in [0.1, 0.15) is 43.7 Å². The van der Waals surface area contributed by atoms with Gasteiger partial charge < -0.3 is 25.2 Å². The molecule has 4 aromatic rings. The van der Waals surface area contributed by atoms with Crippen molar-refractivity contribution in [3.05, 3.63) is 54.0 Å². The Kier molecular flexibility index (Phi) is 10.1. The van der Waals surface area contributed by atoms with Crippen LogP contribution in [0.3, 0.4) is 0 Å². The normalized spacial score (nSPS) is 17.6. The molecule has 0 spiro atoms. The Hall–Kier alpha value is -4.03. The monoisotopic (exact) mass is 677 g/mol. The number of piperidine rings is 1. The summed E-state index contributed by atoms with van der Waals surface area (Å²) in [6.07, 6.45) is 10.9. The molecule has 256 valence electrons. The van der Waals surface area contributed by atoms with Crippen LogP contribution in [0.4, 0.5) is 28.8 Å². The molecule has 7 rings (SSSR count). The Labute approximate surface area is 291 Å². The molecule has 0 radical (unpaired) electrons. The Morgan fingerprint density at radius 2 is 1.69 bits per heavy atom. The van der Waals surface area contributed by atoms with Crippen molar-refractivity contribution in [2.24, 2.45) is 5.92 Å². The van der Waals surface area contributed by atoms with Gasteiger partial charge in [0.05, 0.1) is 35.6 Å². The predicted molar refractivity (Wildman–Crippen MR) is 203 cm³/mol. The lowest BCUT2D eigenvalue weighted by Gasteiger charge is -2.43. The summed E-state index contributed by atoms with van der Waals surface area (Å²) in [4.78, 5) is 26.7. The second kappa shape index (κ2) is 14.8. The van der Waals surface area contributed by atoms with Crippen LogP contribution in [-0.2, 0) is 6.42 Å². The van der Waals surface area contributed by atoms with Crippen molar-refractivity contribution in [2.75, 3.05) is 82.3 Å². The number of methoxy groups -OCH3 is 1. The number of likely N-dealkylation sites (N-methyl/N-ethyl adjacent to an activating group) is 1. The van der Waals surface area contributed by atoms with Gasteiger partial charge in [0.25, 0.3) is 0 Å². The lowest BCUT2D eigenvalue weighted by molar-refractivity contribution is 0.0982. The van der Waals surface area contributed by atoms with E-state index in [0.717, 1.165) is 71.4 Å². The number of hydrogen-bond donors (Lipinski definition) is 2. The van der Waals surface area contributed by atoms with Crippen molar-refractivity contribution < 1.29 is 4.74 Å². The predicted octanol–water partition coefficient (Wildman–Crippen LogP) is 5.82. The summed E-state index contributed by atoms with van der Waals surface area (Å²) in [5.74, 6) is 9.14. The van der Waals surface area contributed by atoms with Gasteiger partial charge in [0.1, 0.15) is 5.75 Å². The summed E-state index contributed by atoms with van der Waals surface area (Å²) in [7, 11) is 3.47. The third kappa shape index (κ3) is 7.60. The number of aromatic nitrogens is 4. The minimum Gasteiger partial charge on any atom is -0.494 e. The summed E-state index contributed by atoms with van der Waals surface area (Å²) in [6, 6.07) is 9.16. The van der Waals surface area contributed by atoms with Gasteiger partial charge in [-0.05, 0) is 76.2 Å². The van der Waals surface area contributed by atoms with E-state index in [9.17, 15) is 0 Å². The average molecular weight is 678 g/mol. The number of benzene rings is 2. The van der Waals surface area contributed by atoms with Gasteiger partial charge in [0, 0.05) is 86.4 Å². The number of rotatable bonds is 9. The molecule has 3 fully saturated rings. The smallest absolute Gasteiger partial charge is 0.229 e. The van der Waals surface area contributed by atoms with Crippen LogP contribution in [0, 0.1) is 17.8 Å².